The molecule has 1 atom stereocenters. The van der Waals surface area contributed by atoms with Crippen molar-refractivity contribution in [1.29, 1.82) is 0 Å². The Bertz CT molecular complexity index is 851. The van der Waals surface area contributed by atoms with Gasteiger partial charge in [-0.2, -0.15) is 0 Å². The summed E-state index contributed by atoms with van der Waals surface area (Å²) in [6, 6.07) is 10.8. The van der Waals surface area contributed by atoms with Crippen LogP contribution in [0.5, 0.6) is 0 Å². The quantitative estimate of drug-likeness (QED) is 0.446. The molecule has 136 valence electrons. The third-order valence-electron chi connectivity index (χ3n) is 5.82. The van der Waals surface area contributed by atoms with Gasteiger partial charge in [-0.3, -0.25) is 0 Å². The molecule has 4 heteroatoms. The molecule has 0 aliphatic heterocycles. The molecule has 0 bridgehead atoms. The van der Waals surface area contributed by atoms with E-state index in [-0.39, 0.29) is 24.8 Å². The van der Waals surface area contributed by atoms with Gasteiger partial charge >= 0.3 is 144 Å². The molecule has 0 saturated carbocycles. The minimum absolute atomic E-state index is 0. The second kappa shape index (κ2) is 7.85. The summed E-state index contributed by atoms with van der Waals surface area (Å²) < 4.78 is 8.81. The molecule has 0 fully saturated rings. The van der Waals surface area contributed by atoms with E-state index >= 15 is 0 Å². The van der Waals surface area contributed by atoms with E-state index in [0.29, 0.717) is 5.92 Å². The van der Waals surface area contributed by atoms with Crippen molar-refractivity contribution >= 4 is 37.3 Å². The Labute approximate surface area is 167 Å². The third kappa shape index (κ3) is 4.08. The molecule has 0 heterocycles. The van der Waals surface area contributed by atoms with E-state index in [1.165, 1.54) is 16.7 Å². The van der Waals surface area contributed by atoms with Crippen molar-refractivity contribution in [1.82, 2.24) is 0 Å². The van der Waals surface area contributed by atoms with Crippen LogP contribution in [-0.2, 0) is 17.4 Å². The van der Waals surface area contributed by atoms with Crippen molar-refractivity contribution in [3.8, 4) is 0 Å². The van der Waals surface area contributed by atoms with E-state index < -0.39 is 17.4 Å². The zero-order valence-corrected chi connectivity index (χ0v) is 21.4. The third-order valence-corrected chi connectivity index (χ3v) is 23.0. The summed E-state index contributed by atoms with van der Waals surface area (Å²) in [6.45, 7) is 9.39. The first kappa shape index (κ1) is 22.9. The van der Waals surface area contributed by atoms with Crippen molar-refractivity contribution in [2.45, 2.75) is 36.5 Å². The van der Waals surface area contributed by atoms with Gasteiger partial charge in [0.05, 0.1) is 0 Å². The molecule has 1 aromatic carbocycles. The number of halogens is 2. The van der Waals surface area contributed by atoms with Crippen LogP contribution in [0.1, 0.15) is 32.8 Å². The van der Waals surface area contributed by atoms with Gasteiger partial charge in [0.25, 0.3) is 0 Å². The zero-order valence-electron chi connectivity index (χ0n) is 15.9. The molecule has 0 spiro atoms. The van der Waals surface area contributed by atoms with E-state index in [9.17, 15) is 0 Å². The molecule has 2 aliphatic rings. The van der Waals surface area contributed by atoms with Crippen LogP contribution in [0.4, 0.5) is 0 Å². The fourth-order valence-corrected chi connectivity index (χ4v) is 21.0. The summed E-state index contributed by atoms with van der Waals surface area (Å²) >= 11 is -3.04. The monoisotopic (exact) mass is 470 g/mol. The van der Waals surface area contributed by atoms with E-state index in [4.69, 9.17) is 0 Å². The second-order valence-electron chi connectivity index (χ2n) is 8.26. The van der Waals surface area contributed by atoms with Crippen LogP contribution in [0.2, 0.25) is 9.26 Å². The maximum absolute atomic E-state index is 3.04. The minimum atomic E-state index is -3.04. The fraction of sp³-hybridized carbons (Fsp3) is 0.333. The number of allylic oxidation sites excluding steroid dienone is 8. The Morgan fingerprint density at radius 1 is 1.04 bits per heavy atom. The number of hydrogen-bond acceptors (Lipinski definition) is 0. The van der Waals surface area contributed by atoms with Crippen LogP contribution in [0, 0.1) is 5.92 Å². The standard InChI is InChI=1S/C11H9.C8H11.2CH3.2ClH.H2Si.Zr/c1-2-6-10(7-3-1)11-8-4-5-9-11;1-6-4-7(2)8(3)5-6;;;;;;/h1-3,6-9H,4H2;4,6H,1-3H3;2*1H3;2*1H;1H2;. The summed E-state index contributed by atoms with van der Waals surface area (Å²) in [4.78, 5) is 0. The Hall–Kier alpha value is -0.140. The van der Waals surface area contributed by atoms with Gasteiger partial charge in [0.1, 0.15) is 0 Å². The number of rotatable bonds is 3. The molecule has 1 unspecified atom stereocenters. The van der Waals surface area contributed by atoms with Crippen molar-refractivity contribution in [3.63, 3.8) is 0 Å². The van der Waals surface area contributed by atoms with E-state index in [1.54, 1.807) is 12.1 Å². The van der Waals surface area contributed by atoms with Crippen molar-refractivity contribution in [3.05, 3.63) is 71.8 Å². The summed E-state index contributed by atoms with van der Waals surface area (Å²) in [5.41, 5.74) is 5.86. The summed E-state index contributed by atoms with van der Waals surface area (Å²) in [6.07, 6.45) is 8.58. The first-order chi connectivity index (χ1) is 10.7. The summed E-state index contributed by atoms with van der Waals surface area (Å²) in [5.74, 6) is 0.620. The first-order valence-corrected chi connectivity index (χ1v) is 21.9. The Morgan fingerprint density at radius 3 is 2.16 bits per heavy atom. The van der Waals surface area contributed by atoms with Crippen molar-refractivity contribution in [2.75, 3.05) is 0 Å². The van der Waals surface area contributed by atoms with Gasteiger partial charge in [0, 0.05) is 0 Å². The second-order valence-corrected chi connectivity index (χ2v) is 36.9. The molecule has 0 aromatic heterocycles. The van der Waals surface area contributed by atoms with E-state index in [2.05, 4.69) is 85.5 Å². The zero-order chi connectivity index (χ0) is 16.9. The van der Waals surface area contributed by atoms with Gasteiger partial charge in [0.15, 0.2) is 0 Å². The van der Waals surface area contributed by atoms with Crippen LogP contribution in [0.25, 0.3) is 5.57 Å². The van der Waals surface area contributed by atoms with E-state index in [0.717, 1.165) is 6.42 Å². The molecule has 0 amide bonds. The van der Waals surface area contributed by atoms with Crippen LogP contribution >= 0.6 is 24.8 Å². The summed E-state index contributed by atoms with van der Waals surface area (Å²) in [5, 5.41) is 0. The molecule has 3 rings (SSSR count). The number of hydrogen-bond donors (Lipinski definition) is 0. The molecule has 25 heavy (non-hydrogen) atoms. The van der Waals surface area contributed by atoms with Gasteiger partial charge in [-0.1, -0.05) is 0 Å². The molecule has 0 saturated heterocycles. The fourth-order valence-electron chi connectivity index (χ4n) is 4.56. The Morgan fingerprint density at radius 2 is 1.64 bits per heavy atom. The maximum Gasteiger partial charge on any atom is -0.147 e. The van der Waals surface area contributed by atoms with Crippen molar-refractivity contribution < 1.29 is 17.4 Å². The first-order valence-electron chi connectivity index (χ1n) is 8.63. The normalized spacial score (nSPS) is 20.4. The Kier molecular flexibility index (Phi) is 7.19. The SMILES string of the molecule is CC1=CC(C)[C]([Zr]([CH3])([CH3])(=[SiH2])[C]2=CC(c3ccccc3)=CC2)=C1C.Cl.Cl. The molecular weight excluding hydrogens is 442 g/mol. The predicted octanol–water partition coefficient (Wildman–Crippen LogP) is 6.41. The number of benzene rings is 1. The largest absolute Gasteiger partial charge is 0.147 e. The van der Waals surface area contributed by atoms with Gasteiger partial charge < -0.3 is 0 Å². The average Bonchev–Trinajstić information content (AvgIpc) is 3.06. The van der Waals surface area contributed by atoms with Gasteiger partial charge in [-0.05, 0) is 0 Å². The molecule has 0 radical (unpaired) electrons. The smallest absolute Gasteiger partial charge is 0.147 e. The topological polar surface area (TPSA) is 0 Å². The molecule has 0 nitrogen and oxygen atoms in total. The molecular formula is C21H30Cl2SiZr. The van der Waals surface area contributed by atoms with Crippen LogP contribution in [-0.4, -0.2) is 6.88 Å². The van der Waals surface area contributed by atoms with E-state index in [1.807, 2.05) is 0 Å². The summed E-state index contributed by atoms with van der Waals surface area (Å²) in [7, 11) is 0. The average molecular weight is 473 g/mol. The van der Waals surface area contributed by atoms with Gasteiger partial charge in [-0.15, -0.1) is 24.8 Å². The Balaban J connectivity index is 0.00000156. The van der Waals surface area contributed by atoms with Crippen LogP contribution in [0.3, 0.4) is 0 Å². The van der Waals surface area contributed by atoms with Crippen LogP contribution < -0.4 is 0 Å². The molecule has 0 N–H and O–H groups in total. The van der Waals surface area contributed by atoms with Gasteiger partial charge in [0.2, 0.25) is 0 Å². The molecule has 2 aliphatic carbocycles. The van der Waals surface area contributed by atoms with Gasteiger partial charge in [-0.25, -0.2) is 0 Å². The predicted molar refractivity (Wildman–Crippen MR) is 118 cm³/mol. The van der Waals surface area contributed by atoms with Crippen molar-refractivity contribution in [2.24, 2.45) is 5.92 Å². The minimum Gasteiger partial charge on any atom is -0.147 e. The maximum atomic E-state index is 2.63. The van der Waals surface area contributed by atoms with Crippen LogP contribution in [0.15, 0.2) is 66.3 Å². The molecule has 1 aromatic rings.